The van der Waals surface area contributed by atoms with Crippen LogP contribution in [0.15, 0.2) is 24.3 Å². The van der Waals surface area contributed by atoms with Gasteiger partial charge in [-0.05, 0) is 37.1 Å². The van der Waals surface area contributed by atoms with Gasteiger partial charge in [-0.1, -0.05) is 35.3 Å². The minimum atomic E-state index is 0.601. The standard InChI is InChI=1S/C10H10Cl2/c1-3-7(2)8-4-5-9(11)10(12)6-8/h3-6H,1-2H3/b7-3+. The maximum absolute atomic E-state index is 5.86. The number of benzene rings is 1. The lowest BCUT2D eigenvalue weighted by molar-refractivity contribution is 1.54. The van der Waals surface area contributed by atoms with Crippen molar-refractivity contribution in [1.82, 2.24) is 0 Å². The van der Waals surface area contributed by atoms with Gasteiger partial charge in [-0.25, -0.2) is 0 Å². The molecule has 1 aromatic rings. The molecule has 1 aromatic carbocycles. The van der Waals surface area contributed by atoms with E-state index >= 15 is 0 Å². The summed E-state index contributed by atoms with van der Waals surface area (Å²) < 4.78 is 0. The van der Waals surface area contributed by atoms with Crippen LogP contribution in [-0.4, -0.2) is 0 Å². The quantitative estimate of drug-likeness (QED) is 0.630. The molecule has 0 aliphatic rings. The molecule has 0 atom stereocenters. The van der Waals surface area contributed by atoms with Crippen LogP contribution in [0.1, 0.15) is 19.4 Å². The maximum atomic E-state index is 5.86. The average molecular weight is 201 g/mol. The molecule has 0 spiro atoms. The van der Waals surface area contributed by atoms with Crippen LogP contribution in [-0.2, 0) is 0 Å². The van der Waals surface area contributed by atoms with Gasteiger partial charge in [-0.3, -0.25) is 0 Å². The highest BCUT2D eigenvalue weighted by molar-refractivity contribution is 6.42. The summed E-state index contributed by atoms with van der Waals surface area (Å²) in [6.45, 7) is 4.04. The lowest BCUT2D eigenvalue weighted by atomic mass is 10.1. The van der Waals surface area contributed by atoms with Crippen LogP contribution in [0.3, 0.4) is 0 Å². The van der Waals surface area contributed by atoms with Crippen LogP contribution >= 0.6 is 23.2 Å². The van der Waals surface area contributed by atoms with Crippen LogP contribution < -0.4 is 0 Å². The van der Waals surface area contributed by atoms with Crippen LogP contribution in [0.2, 0.25) is 10.0 Å². The van der Waals surface area contributed by atoms with Gasteiger partial charge in [0, 0.05) is 0 Å². The Kier molecular flexibility index (Phi) is 3.19. The summed E-state index contributed by atoms with van der Waals surface area (Å²) in [7, 11) is 0. The van der Waals surface area contributed by atoms with Crippen molar-refractivity contribution in [2.24, 2.45) is 0 Å². The molecule has 0 aromatic heterocycles. The Labute approximate surface area is 82.8 Å². The summed E-state index contributed by atoms with van der Waals surface area (Å²) >= 11 is 11.6. The largest absolute Gasteiger partial charge is 0.0841 e. The number of rotatable bonds is 1. The van der Waals surface area contributed by atoms with E-state index in [1.165, 1.54) is 5.57 Å². The van der Waals surface area contributed by atoms with Gasteiger partial charge >= 0.3 is 0 Å². The molecule has 0 bridgehead atoms. The molecule has 0 aliphatic heterocycles. The van der Waals surface area contributed by atoms with Crippen LogP contribution in [0.25, 0.3) is 5.57 Å². The number of halogens is 2. The summed E-state index contributed by atoms with van der Waals surface area (Å²) in [5.74, 6) is 0. The van der Waals surface area contributed by atoms with Crippen molar-refractivity contribution in [1.29, 1.82) is 0 Å². The van der Waals surface area contributed by atoms with Crippen molar-refractivity contribution in [3.63, 3.8) is 0 Å². The first-order valence-corrected chi connectivity index (χ1v) is 4.49. The summed E-state index contributed by atoms with van der Waals surface area (Å²) in [5, 5.41) is 1.21. The number of allylic oxidation sites excluding steroid dienone is 2. The molecule has 0 unspecified atom stereocenters. The fraction of sp³-hybridized carbons (Fsp3) is 0.200. The third-order valence-electron chi connectivity index (χ3n) is 1.81. The van der Waals surface area contributed by atoms with Gasteiger partial charge in [0.15, 0.2) is 0 Å². The minimum absolute atomic E-state index is 0.601. The van der Waals surface area contributed by atoms with Gasteiger partial charge in [0.2, 0.25) is 0 Å². The molecular formula is C10H10Cl2. The average Bonchev–Trinajstić information content (AvgIpc) is 2.08. The highest BCUT2D eigenvalue weighted by Gasteiger charge is 1.99. The van der Waals surface area contributed by atoms with E-state index in [1.54, 1.807) is 0 Å². The first-order chi connectivity index (χ1) is 5.65. The van der Waals surface area contributed by atoms with Gasteiger partial charge in [0.25, 0.3) is 0 Å². The van der Waals surface area contributed by atoms with E-state index < -0.39 is 0 Å². The molecule has 0 saturated carbocycles. The Morgan fingerprint density at radius 3 is 2.42 bits per heavy atom. The minimum Gasteiger partial charge on any atom is -0.0841 e. The number of hydrogen-bond donors (Lipinski definition) is 0. The van der Waals surface area contributed by atoms with E-state index in [9.17, 15) is 0 Å². The second-order valence-corrected chi connectivity index (χ2v) is 3.41. The Morgan fingerprint density at radius 1 is 1.25 bits per heavy atom. The van der Waals surface area contributed by atoms with E-state index in [2.05, 4.69) is 0 Å². The third kappa shape index (κ3) is 2.02. The second-order valence-electron chi connectivity index (χ2n) is 2.60. The highest BCUT2D eigenvalue weighted by atomic mass is 35.5. The molecule has 0 amide bonds. The molecule has 0 nitrogen and oxygen atoms in total. The maximum Gasteiger partial charge on any atom is 0.0598 e. The zero-order valence-electron chi connectivity index (χ0n) is 7.07. The van der Waals surface area contributed by atoms with E-state index in [0.717, 1.165) is 5.56 Å². The first kappa shape index (κ1) is 9.63. The molecule has 0 N–H and O–H groups in total. The monoisotopic (exact) mass is 200 g/mol. The van der Waals surface area contributed by atoms with E-state index in [0.29, 0.717) is 10.0 Å². The van der Waals surface area contributed by atoms with E-state index in [4.69, 9.17) is 23.2 Å². The second kappa shape index (κ2) is 3.97. The molecule has 1 rings (SSSR count). The predicted molar refractivity (Wildman–Crippen MR) is 55.8 cm³/mol. The molecule has 0 heterocycles. The van der Waals surface area contributed by atoms with Crippen LogP contribution in [0.5, 0.6) is 0 Å². The topological polar surface area (TPSA) is 0 Å². The molecule has 2 heteroatoms. The van der Waals surface area contributed by atoms with Crippen molar-refractivity contribution in [3.05, 3.63) is 39.9 Å². The molecule has 0 saturated heterocycles. The summed E-state index contributed by atoms with van der Waals surface area (Å²) in [4.78, 5) is 0. The van der Waals surface area contributed by atoms with Crippen LogP contribution in [0, 0.1) is 0 Å². The molecule has 0 aliphatic carbocycles. The van der Waals surface area contributed by atoms with Gasteiger partial charge in [0.05, 0.1) is 10.0 Å². The molecule has 12 heavy (non-hydrogen) atoms. The number of hydrogen-bond acceptors (Lipinski definition) is 0. The smallest absolute Gasteiger partial charge is 0.0598 e. The molecule has 64 valence electrons. The summed E-state index contributed by atoms with van der Waals surface area (Å²) in [6, 6.07) is 5.65. The van der Waals surface area contributed by atoms with E-state index in [-0.39, 0.29) is 0 Å². The van der Waals surface area contributed by atoms with Gasteiger partial charge in [-0.2, -0.15) is 0 Å². The van der Waals surface area contributed by atoms with Gasteiger partial charge < -0.3 is 0 Å². The van der Waals surface area contributed by atoms with Gasteiger partial charge in [0.1, 0.15) is 0 Å². The summed E-state index contributed by atoms with van der Waals surface area (Å²) in [6.07, 6.45) is 2.04. The van der Waals surface area contributed by atoms with Crippen molar-refractivity contribution >= 4 is 28.8 Å². The van der Waals surface area contributed by atoms with Crippen molar-refractivity contribution in [3.8, 4) is 0 Å². The first-order valence-electron chi connectivity index (χ1n) is 3.73. The Balaban J connectivity index is 3.13. The van der Waals surface area contributed by atoms with Crippen molar-refractivity contribution in [2.75, 3.05) is 0 Å². The predicted octanol–water partition coefficient (Wildman–Crippen LogP) is 4.42. The van der Waals surface area contributed by atoms with Gasteiger partial charge in [-0.15, -0.1) is 0 Å². The SMILES string of the molecule is C/C=C(\C)c1ccc(Cl)c(Cl)c1. The molecule has 0 radical (unpaired) electrons. The fourth-order valence-electron chi connectivity index (χ4n) is 0.908. The highest BCUT2D eigenvalue weighted by Crippen LogP contribution is 2.25. The zero-order chi connectivity index (χ0) is 9.14. The summed E-state index contributed by atoms with van der Waals surface area (Å²) in [5.41, 5.74) is 2.32. The third-order valence-corrected chi connectivity index (χ3v) is 2.55. The lowest BCUT2D eigenvalue weighted by Crippen LogP contribution is -1.78. The molecule has 0 fully saturated rings. The van der Waals surface area contributed by atoms with E-state index in [1.807, 2.05) is 38.1 Å². The fourth-order valence-corrected chi connectivity index (χ4v) is 1.21. The Morgan fingerprint density at radius 2 is 1.92 bits per heavy atom. The van der Waals surface area contributed by atoms with Crippen molar-refractivity contribution < 1.29 is 0 Å². The van der Waals surface area contributed by atoms with Crippen LogP contribution in [0.4, 0.5) is 0 Å². The zero-order valence-corrected chi connectivity index (χ0v) is 8.58. The Hall–Kier alpha value is -0.460. The van der Waals surface area contributed by atoms with Crippen molar-refractivity contribution in [2.45, 2.75) is 13.8 Å². The molecular weight excluding hydrogens is 191 g/mol. The Bertz CT molecular complexity index is 314. The lowest BCUT2D eigenvalue weighted by Gasteiger charge is -2.02. The normalized spacial score (nSPS) is 11.8.